The molecule has 0 bridgehead atoms. The molecule has 1 saturated heterocycles. The molecule has 0 radical (unpaired) electrons. The first-order chi connectivity index (χ1) is 9.66. The maximum absolute atomic E-state index is 12.6. The highest BCUT2D eigenvalue weighted by Gasteiger charge is 2.32. The molecule has 20 heavy (non-hydrogen) atoms. The summed E-state index contributed by atoms with van der Waals surface area (Å²) in [6.45, 7) is 2.65. The van der Waals surface area contributed by atoms with E-state index in [1.165, 1.54) is 0 Å². The third-order valence-corrected chi connectivity index (χ3v) is 3.75. The lowest BCUT2D eigenvalue weighted by molar-refractivity contribution is 0.0732. The van der Waals surface area contributed by atoms with E-state index in [2.05, 4.69) is 15.2 Å². The van der Waals surface area contributed by atoms with E-state index in [1.807, 2.05) is 24.0 Å². The highest BCUT2D eigenvalue weighted by atomic mass is 16.2. The van der Waals surface area contributed by atoms with Gasteiger partial charge in [-0.3, -0.25) is 4.79 Å². The Hall–Kier alpha value is -2.37. The zero-order chi connectivity index (χ0) is 14.1. The second-order valence-electron chi connectivity index (χ2n) is 5.06. The molecule has 1 aliphatic rings. The lowest BCUT2D eigenvalue weighted by atomic mass is 10.1. The molecule has 0 aromatic carbocycles. The van der Waals surface area contributed by atoms with Crippen molar-refractivity contribution in [2.24, 2.45) is 0 Å². The molecule has 1 unspecified atom stereocenters. The molecule has 2 aromatic heterocycles. The highest BCUT2D eigenvalue weighted by Crippen LogP contribution is 2.32. The molecule has 1 aliphatic heterocycles. The van der Waals surface area contributed by atoms with Crippen molar-refractivity contribution in [3.05, 3.63) is 41.3 Å². The smallest absolute Gasteiger partial charge is 0.256 e. The summed E-state index contributed by atoms with van der Waals surface area (Å²) in [5.74, 6) is 0.441. The van der Waals surface area contributed by atoms with Crippen LogP contribution >= 0.6 is 0 Å². The molecule has 2 aromatic rings. The fraction of sp³-hybridized carbons (Fsp3) is 0.357. The molecule has 0 spiro atoms. The number of aromatic amines is 1. The van der Waals surface area contributed by atoms with Gasteiger partial charge < -0.3 is 15.6 Å². The number of hydrogen-bond acceptors (Lipinski definition) is 4. The van der Waals surface area contributed by atoms with Crippen LogP contribution in [0.15, 0.2) is 24.4 Å². The zero-order valence-corrected chi connectivity index (χ0v) is 11.3. The fourth-order valence-electron chi connectivity index (χ4n) is 2.69. The van der Waals surface area contributed by atoms with E-state index in [0.717, 1.165) is 36.3 Å². The van der Waals surface area contributed by atoms with Crippen LogP contribution in [0.4, 0.5) is 5.82 Å². The van der Waals surface area contributed by atoms with Crippen LogP contribution in [-0.2, 0) is 0 Å². The molecule has 0 saturated carbocycles. The van der Waals surface area contributed by atoms with E-state index in [0.29, 0.717) is 5.82 Å². The van der Waals surface area contributed by atoms with Gasteiger partial charge >= 0.3 is 0 Å². The Morgan fingerprint density at radius 2 is 2.25 bits per heavy atom. The van der Waals surface area contributed by atoms with Gasteiger partial charge in [0.05, 0.1) is 17.3 Å². The number of hydrogen-bond donors (Lipinski definition) is 2. The monoisotopic (exact) mass is 271 g/mol. The van der Waals surface area contributed by atoms with E-state index in [4.69, 9.17) is 5.73 Å². The molecule has 6 nitrogen and oxygen atoms in total. The zero-order valence-electron chi connectivity index (χ0n) is 11.3. The minimum atomic E-state index is -0.00935. The second kappa shape index (κ2) is 4.96. The molecule has 3 N–H and O–H groups in total. The molecular weight excluding hydrogens is 254 g/mol. The quantitative estimate of drug-likeness (QED) is 0.869. The standard InChI is InChI=1S/C14H17N5O/c1-9-10(6-7-16-9)14(20)19-8-2-3-12(19)11-4-5-13(15)18-17-11/h4-7,12,16H,2-3,8H2,1H3,(H2,15,18). The summed E-state index contributed by atoms with van der Waals surface area (Å²) in [7, 11) is 0. The second-order valence-corrected chi connectivity index (χ2v) is 5.06. The number of nitrogens with two attached hydrogens (primary N) is 1. The maximum atomic E-state index is 12.6. The Morgan fingerprint density at radius 1 is 1.40 bits per heavy atom. The van der Waals surface area contributed by atoms with Gasteiger partial charge in [0.15, 0.2) is 0 Å². The van der Waals surface area contributed by atoms with Crippen molar-refractivity contribution in [1.29, 1.82) is 0 Å². The maximum Gasteiger partial charge on any atom is 0.256 e. The summed E-state index contributed by atoms with van der Waals surface area (Å²) in [5, 5.41) is 8.00. The first-order valence-electron chi connectivity index (χ1n) is 6.71. The van der Waals surface area contributed by atoms with Crippen molar-refractivity contribution in [2.45, 2.75) is 25.8 Å². The number of nitrogen functional groups attached to an aromatic ring is 1. The molecule has 6 heteroatoms. The van der Waals surface area contributed by atoms with Gasteiger partial charge in [0.25, 0.3) is 5.91 Å². The summed E-state index contributed by atoms with van der Waals surface area (Å²) in [6.07, 6.45) is 3.68. The van der Waals surface area contributed by atoms with Crippen LogP contribution in [0.5, 0.6) is 0 Å². The molecule has 1 atom stereocenters. The van der Waals surface area contributed by atoms with E-state index < -0.39 is 0 Å². The van der Waals surface area contributed by atoms with Crippen molar-refractivity contribution in [3.63, 3.8) is 0 Å². The summed E-state index contributed by atoms with van der Waals surface area (Å²) in [5.41, 5.74) is 7.98. The first-order valence-corrected chi connectivity index (χ1v) is 6.71. The van der Waals surface area contributed by atoms with Crippen molar-refractivity contribution in [3.8, 4) is 0 Å². The lowest BCUT2D eigenvalue weighted by Crippen LogP contribution is -2.31. The number of anilines is 1. The van der Waals surface area contributed by atoms with Gasteiger partial charge in [0.1, 0.15) is 5.82 Å². The van der Waals surface area contributed by atoms with Crippen molar-refractivity contribution >= 4 is 11.7 Å². The third kappa shape index (κ3) is 2.13. The van der Waals surface area contributed by atoms with Crippen LogP contribution in [0.25, 0.3) is 0 Å². The number of carbonyl (C=O) groups excluding carboxylic acids is 1. The van der Waals surface area contributed by atoms with Crippen LogP contribution < -0.4 is 5.73 Å². The molecule has 104 valence electrons. The van der Waals surface area contributed by atoms with Crippen LogP contribution in [0.2, 0.25) is 0 Å². The summed E-state index contributed by atoms with van der Waals surface area (Å²) < 4.78 is 0. The minimum Gasteiger partial charge on any atom is -0.382 e. The number of nitrogens with one attached hydrogen (secondary N) is 1. The number of aryl methyl sites for hydroxylation is 1. The largest absolute Gasteiger partial charge is 0.382 e. The van der Waals surface area contributed by atoms with Gasteiger partial charge in [-0.05, 0) is 38.0 Å². The van der Waals surface area contributed by atoms with Gasteiger partial charge in [-0.25, -0.2) is 0 Å². The molecule has 3 rings (SSSR count). The molecule has 0 aliphatic carbocycles. The fourth-order valence-corrected chi connectivity index (χ4v) is 2.69. The van der Waals surface area contributed by atoms with Gasteiger partial charge in [-0.2, -0.15) is 5.10 Å². The van der Waals surface area contributed by atoms with E-state index in [-0.39, 0.29) is 11.9 Å². The predicted octanol–water partition coefficient (Wildman–Crippen LogP) is 1.67. The van der Waals surface area contributed by atoms with Crippen molar-refractivity contribution in [2.75, 3.05) is 12.3 Å². The van der Waals surface area contributed by atoms with Crippen LogP contribution in [0, 0.1) is 6.92 Å². The van der Waals surface area contributed by atoms with E-state index in [9.17, 15) is 4.79 Å². The van der Waals surface area contributed by atoms with Crippen molar-refractivity contribution in [1.82, 2.24) is 20.1 Å². The van der Waals surface area contributed by atoms with Crippen molar-refractivity contribution < 1.29 is 4.79 Å². The number of likely N-dealkylation sites (tertiary alicyclic amines) is 1. The number of aromatic nitrogens is 3. The predicted molar refractivity (Wildman–Crippen MR) is 75.0 cm³/mol. The average molecular weight is 271 g/mol. The Balaban J connectivity index is 1.87. The molecule has 1 fully saturated rings. The van der Waals surface area contributed by atoms with Crippen LogP contribution in [-0.4, -0.2) is 32.5 Å². The third-order valence-electron chi connectivity index (χ3n) is 3.75. The van der Waals surface area contributed by atoms with Gasteiger partial charge in [0.2, 0.25) is 0 Å². The topological polar surface area (TPSA) is 87.9 Å². The molecular formula is C14H17N5O. The summed E-state index contributed by atoms with van der Waals surface area (Å²) in [4.78, 5) is 17.5. The summed E-state index contributed by atoms with van der Waals surface area (Å²) >= 11 is 0. The number of amides is 1. The first kappa shape index (κ1) is 12.7. The van der Waals surface area contributed by atoms with Gasteiger partial charge in [-0.15, -0.1) is 5.10 Å². The van der Waals surface area contributed by atoms with Gasteiger partial charge in [-0.1, -0.05) is 0 Å². The lowest BCUT2D eigenvalue weighted by Gasteiger charge is -2.24. The number of H-pyrrole nitrogens is 1. The molecule has 1 amide bonds. The van der Waals surface area contributed by atoms with E-state index in [1.54, 1.807) is 12.3 Å². The highest BCUT2D eigenvalue weighted by molar-refractivity contribution is 5.95. The minimum absolute atomic E-state index is 0.00935. The normalized spacial score (nSPS) is 18.4. The number of nitrogens with zero attached hydrogens (tertiary/aromatic N) is 3. The number of carbonyl (C=O) groups is 1. The van der Waals surface area contributed by atoms with E-state index >= 15 is 0 Å². The SMILES string of the molecule is Cc1[nH]ccc1C(=O)N1CCCC1c1ccc(N)nn1. The summed E-state index contributed by atoms with van der Waals surface area (Å²) in [6, 6.07) is 5.39. The Morgan fingerprint density at radius 3 is 2.90 bits per heavy atom. The number of rotatable bonds is 2. The Bertz CT molecular complexity index is 619. The Labute approximate surface area is 117 Å². The Kier molecular flexibility index (Phi) is 3.14. The van der Waals surface area contributed by atoms with Gasteiger partial charge in [0, 0.05) is 18.4 Å². The van der Waals surface area contributed by atoms with Crippen LogP contribution in [0.3, 0.4) is 0 Å². The van der Waals surface area contributed by atoms with Crippen LogP contribution in [0.1, 0.15) is 40.6 Å². The molecule has 3 heterocycles. The average Bonchev–Trinajstić information content (AvgIpc) is 3.07.